The zero-order valence-corrected chi connectivity index (χ0v) is 12.5. The van der Waals surface area contributed by atoms with Gasteiger partial charge in [0.15, 0.2) is 5.78 Å². The minimum Gasteiger partial charge on any atom is -0.293 e. The van der Waals surface area contributed by atoms with Crippen molar-refractivity contribution in [2.75, 3.05) is 0 Å². The van der Waals surface area contributed by atoms with Gasteiger partial charge in [-0.25, -0.2) is 0 Å². The van der Waals surface area contributed by atoms with Crippen LogP contribution in [0.2, 0.25) is 0 Å². The number of alkyl halides is 1. The summed E-state index contributed by atoms with van der Waals surface area (Å²) in [4.78, 5) is 12.5. The predicted molar refractivity (Wildman–Crippen MR) is 87.5 cm³/mol. The molecule has 0 heterocycles. The van der Waals surface area contributed by atoms with Crippen molar-refractivity contribution in [2.24, 2.45) is 0 Å². The van der Waals surface area contributed by atoms with Crippen LogP contribution in [-0.4, -0.2) is 11.2 Å². The molecule has 1 fully saturated rings. The number of halogens is 1. The van der Waals surface area contributed by atoms with Crippen LogP contribution in [0.15, 0.2) is 66.2 Å². The van der Waals surface area contributed by atoms with Crippen molar-refractivity contribution in [3.8, 4) is 0 Å². The van der Waals surface area contributed by atoms with Gasteiger partial charge in [0.05, 0.1) is 5.38 Å². The SMILES string of the molecule is O=C1C(=Cc2ccccc2)C(c2ccccc2)CCC1Cl. The van der Waals surface area contributed by atoms with Crippen LogP contribution in [0.3, 0.4) is 0 Å². The van der Waals surface area contributed by atoms with Crippen molar-refractivity contribution in [3.63, 3.8) is 0 Å². The van der Waals surface area contributed by atoms with Gasteiger partial charge in [-0.3, -0.25) is 4.79 Å². The largest absolute Gasteiger partial charge is 0.293 e. The Bertz CT molecular complexity index is 646. The predicted octanol–water partition coefficient (Wildman–Crippen LogP) is 4.82. The molecule has 21 heavy (non-hydrogen) atoms. The molecule has 0 saturated heterocycles. The Morgan fingerprint density at radius 3 is 2.19 bits per heavy atom. The smallest absolute Gasteiger partial charge is 0.177 e. The number of ketones is 1. The minimum atomic E-state index is -0.389. The molecule has 2 atom stereocenters. The highest BCUT2D eigenvalue weighted by atomic mass is 35.5. The number of allylic oxidation sites excluding steroid dienone is 1. The molecule has 1 aliphatic rings. The molecule has 1 nitrogen and oxygen atoms in total. The van der Waals surface area contributed by atoms with Gasteiger partial charge in [0.25, 0.3) is 0 Å². The Hall–Kier alpha value is -1.86. The van der Waals surface area contributed by atoms with Crippen LogP contribution in [-0.2, 0) is 4.79 Å². The molecule has 2 heteroatoms. The van der Waals surface area contributed by atoms with E-state index in [-0.39, 0.29) is 17.1 Å². The lowest BCUT2D eigenvalue weighted by Crippen LogP contribution is -2.27. The van der Waals surface area contributed by atoms with E-state index in [0.29, 0.717) is 0 Å². The molecule has 0 aromatic heterocycles. The maximum Gasteiger partial charge on any atom is 0.177 e. The first kappa shape index (κ1) is 14.1. The molecule has 2 aromatic rings. The number of rotatable bonds is 2. The summed E-state index contributed by atoms with van der Waals surface area (Å²) in [5.41, 5.74) is 3.07. The fraction of sp³-hybridized carbons (Fsp3) is 0.211. The monoisotopic (exact) mass is 296 g/mol. The minimum absolute atomic E-state index is 0.0700. The van der Waals surface area contributed by atoms with E-state index in [1.165, 1.54) is 5.56 Å². The highest BCUT2D eigenvalue weighted by Crippen LogP contribution is 2.38. The van der Waals surface area contributed by atoms with Crippen molar-refractivity contribution in [3.05, 3.63) is 77.4 Å². The lowest BCUT2D eigenvalue weighted by molar-refractivity contribution is -0.116. The van der Waals surface area contributed by atoms with E-state index in [2.05, 4.69) is 12.1 Å². The number of Topliss-reactive ketones (excluding diaryl/α,β-unsaturated/α-hetero) is 1. The number of carbonyl (C=O) groups is 1. The summed E-state index contributed by atoms with van der Waals surface area (Å²) in [5.74, 6) is 0.217. The van der Waals surface area contributed by atoms with Crippen molar-refractivity contribution in [2.45, 2.75) is 24.1 Å². The van der Waals surface area contributed by atoms with Gasteiger partial charge in [-0.1, -0.05) is 60.7 Å². The fourth-order valence-electron chi connectivity index (χ4n) is 2.88. The molecule has 0 spiro atoms. The lowest BCUT2D eigenvalue weighted by atomic mass is 9.78. The number of carbonyl (C=O) groups excluding carboxylic acids is 1. The van der Waals surface area contributed by atoms with Crippen LogP contribution >= 0.6 is 11.6 Å². The molecular formula is C19H17ClO. The molecule has 0 amide bonds. The molecular weight excluding hydrogens is 280 g/mol. The quantitative estimate of drug-likeness (QED) is 0.573. The van der Waals surface area contributed by atoms with Gasteiger partial charge in [-0.05, 0) is 30.0 Å². The van der Waals surface area contributed by atoms with Crippen LogP contribution in [0.25, 0.3) is 6.08 Å². The van der Waals surface area contributed by atoms with E-state index >= 15 is 0 Å². The first-order chi connectivity index (χ1) is 10.3. The van der Waals surface area contributed by atoms with E-state index in [4.69, 9.17) is 11.6 Å². The summed E-state index contributed by atoms with van der Waals surface area (Å²) in [7, 11) is 0. The van der Waals surface area contributed by atoms with Crippen molar-refractivity contribution in [1.29, 1.82) is 0 Å². The van der Waals surface area contributed by atoms with Crippen LogP contribution in [0.1, 0.15) is 29.9 Å². The summed E-state index contributed by atoms with van der Waals surface area (Å²) in [6.45, 7) is 0. The zero-order chi connectivity index (χ0) is 14.7. The number of hydrogen-bond donors (Lipinski definition) is 0. The Balaban J connectivity index is 2.02. The molecule has 0 bridgehead atoms. The number of benzene rings is 2. The molecule has 106 valence electrons. The highest BCUT2D eigenvalue weighted by molar-refractivity contribution is 6.34. The van der Waals surface area contributed by atoms with Crippen LogP contribution in [0.5, 0.6) is 0 Å². The van der Waals surface area contributed by atoms with E-state index in [0.717, 1.165) is 24.0 Å². The summed E-state index contributed by atoms with van der Waals surface area (Å²) in [5, 5.41) is -0.389. The van der Waals surface area contributed by atoms with Crippen LogP contribution in [0, 0.1) is 0 Å². The van der Waals surface area contributed by atoms with Crippen LogP contribution < -0.4 is 0 Å². The molecule has 2 aromatic carbocycles. The highest BCUT2D eigenvalue weighted by Gasteiger charge is 2.32. The van der Waals surface area contributed by atoms with Gasteiger partial charge in [-0.2, -0.15) is 0 Å². The van der Waals surface area contributed by atoms with Gasteiger partial charge in [0, 0.05) is 11.5 Å². The maximum atomic E-state index is 12.5. The van der Waals surface area contributed by atoms with E-state index < -0.39 is 0 Å². The third kappa shape index (κ3) is 3.08. The Labute approximate surface area is 130 Å². The summed E-state index contributed by atoms with van der Waals surface area (Å²) >= 11 is 6.19. The molecule has 0 radical (unpaired) electrons. The Kier molecular flexibility index (Phi) is 4.21. The first-order valence-corrected chi connectivity index (χ1v) is 7.69. The summed E-state index contributed by atoms with van der Waals surface area (Å²) in [6, 6.07) is 20.2. The second-order valence-electron chi connectivity index (χ2n) is 5.38. The van der Waals surface area contributed by atoms with Gasteiger partial charge in [-0.15, -0.1) is 11.6 Å². The maximum absolute atomic E-state index is 12.5. The summed E-state index contributed by atoms with van der Waals surface area (Å²) in [6.07, 6.45) is 3.66. The molecule has 1 aliphatic carbocycles. The van der Waals surface area contributed by atoms with Gasteiger partial charge in [0.1, 0.15) is 0 Å². The Morgan fingerprint density at radius 1 is 0.905 bits per heavy atom. The second-order valence-corrected chi connectivity index (χ2v) is 5.91. The van der Waals surface area contributed by atoms with Gasteiger partial charge < -0.3 is 0 Å². The van der Waals surface area contributed by atoms with E-state index in [1.807, 2.05) is 54.6 Å². The average molecular weight is 297 g/mol. The fourth-order valence-corrected chi connectivity index (χ4v) is 3.14. The lowest BCUT2D eigenvalue weighted by Gasteiger charge is -2.27. The second kappa shape index (κ2) is 6.28. The molecule has 2 unspecified atom stereocenters. The molecule has 0 aliphatic heterocycles. The van der Waals surface area contributed by atoms with E-state index in [1.54, 1.807) is 0 Å². The van der Waals surface area contributed by atoms with Crippen molar-refractivity contribution in [1.82, 2.24) is 0 Å². The molecule has 3 rings (SSSR count). The molecule has 0 N–H and O–H groups in total. The third-order valence-corrected chi connectivity index (χ3v) is 4.39. The zero-order valence-electron chi connectivity index (χ0n) is 11.7. The summed E-state index contributed by atoms with van der Waals surface area (Å²) < 4.78 is 0. The topological polar surface area (TPSA) is 17.1 Å². The Morgan fingerprint density at radius 2 is 1.52 bits per heavy atom. The average Bonchev–Trinajstić information content (AvgIpc) is 2.54. The van der Waals surface area contributed by atoms with Crippen LogP contribution in [0.4, 0.5) is 0 Å². The van der Waals surface area contributed by atoms with Crippen molar-refractivity contribution < 1.29 is 4.79 Å². The molecule has 1 saturated carbocycles. The number of hydrogen-bond acceptors (Lipinski definition) is 1. The third-order valence-electron chi connectivity index (χ3n) is 3.98. The normalized spacial score (nSPS) is 24.2. The van der Waals surface area contributed by atoms with Gasteiger partial charge in [0.2, 0.25) is 0 Å². The standard InChI is InChI=1S/C19H17ClO/c20-18-12-11-16(15-9-5-2-6-10-15)17(19(18)21)13-14-7-3-1-4-8-14/h1-10,13,16,18H,11-12H2. The van der Waals surface area contributed by atoms with E-state index in [9.17, 15) is 4.79 Å². The first-order valence-electron chi connectivity index (χ1n) is 7.25. The van der Waals surface area contributed by atoms with Crippen molar-refractivity contribution >= 4 is 23.5 Å². The van der Waals surface area contributed by atoms with Gasteiger partial charge >= 0.3 is 0 Å².